The summed E-state index contributed by atoms with van der Waals surface area (Å²) in [6.45, 7) is 0.0521. The van der Waals surface area contributed by atoms with Crippen LogP contribution < -0.4 is 11.1 Å². The van der Waals surface area contributed by atoms with Gasteiger partial charge in [-0.3, -0.25) is 14.9 Å². The van der Waals surface area contributed by atoms with Crippen LogP contribution in [0.25, 0.3) is 0 Å². The monoisotopic (exact) mass is 317 g/mol. The fraction of sp³-hybridized carbons (Fsp3) is 0.300. The molecule has 0 aromatic heterocycles. The van der Waals surface area contributed by atoms with Gasteiger partial charge in [-0.05, 0) is 28.1 Å². The number of rotatable bonds is 5. The molecule has 0 fully saturated rings. The molecule has 0 aliphatic carbocycles. The van der Waals surface area contributed by atoms with Gasteiger partial charge in [-0.2, -0.15) is 0 Å². The lowest BCUT2D eigenvalue weighted by Crippen LogP contribution is -2.35. The zero-order valence-corrected chi connectivity index (χ0v) is 11.1. The number of carbonyl (C=O) groups is 1. The Labute approximate surface area is 112 Å². The third kappa shape index (κ3) is 3.49. The highest BCUT2D eigenvalue weighted by Gasteiger charge is 2.17. The average molecular weight is 318 g/mol. The van der Waals surface area contributed by atoms with Crippen LogP contribution in [0, 0.1) is 10.1 Å². The van der Waals surface area contributed by atoms with Gasteiger partial charge in [-0.15, -0.1) is 0 Å². The van der Waals surface area contributed by atoms with Crippen molar-refractivity contribution in [1.29, 1.82) is 0 Å². The topological polar surface area (TPSA) is 107 Å². The molecule has 3 N–H and O–H groups in total. The number of methoxy groups -OCH3 is 1. The van der Waals surface area contributed by atoms with Crippen LogP contribution in [0.4, 0.5) is 11.4 Å². The molecule has 8 heteroatoms. The van der Waals surface area contributed by atoms with E-state index in [2.05, 4.69) is 21.2 Å². The Morgan fingerprint density at radius 2 is 2.33 bits per heavy atom. The van der Waals surface area contributed by atoms with E-state index in [1.54, 1.807) is 0 Å². The number of anilines is 1. The number of carbonyl (C=O) groups excluding carboxylic acids is 1. The third-order valence-corrected chi connectivity index (χ3v) is 2.84. The quantitative estimate of drug-likeness (QED) is 0.628. The van der Waals surface area contributed by atoms with Crippen LogP contribution in [-0.2, 0) is 9.53 Å². The van der Waals surface area contributed by atoms with Crippen LogP contribution in [0.2, 0.25) is 0 Å². The predicted octanol–water partition coefficient (Wildman–Crippen LogP) is 1.27. The first-order chi connectivity index (χ1) is 8.49. The van der Waals surface area contributed by atoms with Crippen molar-refractivity contribution in [2.45, 2.75) is 6.10 Å². The summed E-state index contributed by atoms with van der Waals surface area (Å²) in [6.07, 6.45) is -0.751. The average Bonchev–Trinajstić information content (AvgIpc) is 2.30. The summed E-state index contributed by atoms with van der Waals surface area (Å²) >= 11 is 3.06. The number of nitro groups is 1. The smallest absolute Gasteiger partial charge is 0.283 e. The molecule has 0 bridgehead atoms. The molecule has 0 aliphatic heterocycles. The summed E-state index contributed by atoms with van der Waals surface area (Å²) in [5.41, 5.74) is 5.70. The van der Waals surface area contributed by atoms with Crippen LogP contribution in [0.3, 0.4) is 0 Å². The Kier molecular flexibility index (Phi) is 5.20. The van der Waals surface area contributed by atoms with Gasteiger partial charge in [-0.1, -0.05) is 0 Å². The lowest BCUT2D eigenvalue weighted by atomic mass is 10.2. The van der Waals surface area contributed by atoms with Gasteiger partial charge >= 0.3 is 0 Å². The number of hydrogen-bond donors (Lipinski definition) is 2. The number of halogens is 1. The van der Waals surface area contributed by atoms with E-state index in [1.807, 2.05) is 0 Å². The van der Waals surface area contributed by atoms with Gasteiger partial charge in [0.1, 0.15) is 6.10 Å². The van der Waals surface area contributed by atoms with Crippen LogP contribution in [-0.4, -0.2) is 30.6 Å². The highest BCUT2D eigenvalue weighted by atomic mass is 79.9. The number of amides is 1. The van der Waals surface area contributed by atoms with E-state index in [-0.39, 0.29) is 16.7 Å². The minimum atomic E-state index is -0.751. The zero-order chi connectivity index (χ0) is 13.7. The highest BCUT2D eigenvalue weighted by Crippen LogP contribution is 2.27. The number of nitrogens with zero attached hydrogens (tertiary/aromatic N) is 1. The number of nitrogens with one attached hydrogen (secondary N) is 1. The highest BCUT2D eigenvalue weighted by molar-refractivity contribution is 9.10. The second-order valence-corrected chi connectivity index (χ2v) is 4.23. The van der Waals surface area contributed by atoms with Gasteiger partial charge in [0.15, 0.2) is 0 Å². The number of benzene rings is 1. The van der Waals surface area contributed by atoms with Crippen LogP contribution in [0.1, 0.15) is 0 Å². The van der Waals surface area contributed by atoms with Crippen LogP contribution in [0.5, 0.6) is 0 Å². The molecule has 1 amide bonds. The minimum absolute atomic E-state index is 0.0521. The standard InChI is InChI=1S/C10H12BrN3O4/c1-18-9(5-12)10(15)13-6-2-3-8(14(16)17)7(11)4-6/h2-4,9H,5,12H2,1H3,(H,13,15). The van der Waals surface area contributed by atoms with E-state index < -0.39 is 16.9 Å². The minimum Gasteiger partial charge on any atom is -0.370 e. The van der Waals surface area contributed by atoms with Crippen molar-refractivity contribution in [3.8, 4) is 0 Å². The Balaban J connectivity index is 2.83. The summed E-state index contributed by atoms with van der Waals surface area (Å²) in [4.78, 5) is 21.7. The first-order valence-corrected chi connectivity index (χ1v) is 5.76. The predicted molar refractivity (Wildman–Crippen MR) is 69.3 cm³/mol. The molecule has 0 radical (unpaired) electrons. The second-order valence-electron chi connectivity index (χ2n) is 3.37. The van der Waals surface area contributed by atoms with Gasteiger partial charge in [0.2, 0.25) is 0 Å². The maximum Gasteiger partial charge on any atom is 0.283 e. The number of nitro benzene ring substituents is 1. The summed E-state index contributed by atoms with van der Waals surface area (Å²) < 4.78 is 5.15. The third-order valence-electron chi connectivity index (χ3n) is 2.20. The SMILES string of the molecule is COC(CN)C(=O)Nc1ccc([N+](=O)[O-])c(Br)c1. The molecule has 0 saturated heterocycles. The van der Waals surface area contributed by atoms with Crippen molar-refractivity contribution < 1.29 is 14.5 Å². The van der Waals surface area contributed by atoms with E-state index in [9.17, 15) is 14.9 Å². The summed E-state index contributed by atoms with van der Waals surface area (Å²) in [5, 5.41) is 13.2. The zero-order valence-electron chi connectivity index (χ0n) is 9.55. The molecule has 1 aromatic rings. The molecule has 98 valence electrons. The van der Waals surface area contributed by atoms with Gasteiger partial charge in [0.25, 0.3) is 11.6 Å². The van der Waals surface area contributed by atoms with E-state index in [0.29, 0.717) is 5.69 Å². The van der Waals surface area contributed by atoms with Crippen LogP contribution >= 0.6 is 15.9 Å². The Bertz CT molecular complexity index is 462. The number of hydrogen-bond acceptors (Lipinski definition) is 5. The fourth-order valence-corrected chi connectivity index (χ4v) is 1.79. The maximum absolute atomic E-state index is 11.6. The van der Waals surface area contributed by atoms with E-state index >= 15 is 0 Å². The lowest BCUT2D eigenvalue weighted by molar-refractivity contribution is -0.385. The molecule has 0 heterocycles. The van der Waals surface area contributed by atoms with Crippen molar-refractivity contribution in [3.05, 3.63) is 32.8 Å². The van der Waals surface area contributed by atoms with Crippen molar-refractivity contribution in [2.75, 3.05) is 19.0 Å². The molecule has 0 spiro atoms. The first kappa shape index (κ1) is 14.6. The van der Waals surface area contributed by atoms with Crippen molar-refractivity contribution in [3.63, 3.8) is 0 Å². The molecule has 7 nitrogen and oxygen atoms in total. The molecular formula is C10H12BrN3O4. The molecule has 1 atom stereocenters. The van der Waals surface area contributed by atoms with E-state index in [0.717, 1.165) is 0 Å². The summed E-state index contributed by atoms with van der Waals surface area (Å²) in [5.74, 6) is -0.402. The van der Waals surface area contributed by atoms with E-state index in [4.69, 9.17) is 10.5 Å². The molecule has 1 aromatic carbocycles. The Morgan fingerprint density at radius 3 is 2.78 bits per heavy atom. The van der Waals surface area contributed by atoms with Gasteiger partial charge in [-0.25, -0.2) is 0 Å². The second kappa shape index (κ2) is 6.43. The Hall–Kier alpha value is -1.51. The van der Waals surface area contributed by atoms with Crippen molar-refractivity contribution >= 4 is 33.2 Å². The van der Waals surface area contributed by atoms with Gasteiger partial charge < -0.3 is 15.8 Å². The molecule has 0 aliphatic rings. The molecule has 1 rings (SSSR count). The normalized spacial score (nSPS) is 11.9. The first-order valence-electron chi connectivity index (χ1n) is 4.97. The summed E-state index contributed by atoms with van der Waals surface area (Å²) in [7, 11) is 1.38. The molecular weight excluding hydrogens is 306 g/mol. The maximum atomic E-state index is 11.6. The lowest BCUT2D eigenvalue weighted by Gasteiger charge is -2.13. The number of nitrogens with two attached hydrogens (primary N) is 1. The fourth-order valence-electron chi connectivity index (χ4n) is 1.27. The van der Waals surface area contributed by atoms with Gasteiger partial charge in [0, 0.05) is 25.4 Å². The summed E-state index contributed by atoms with van der Waals surface area (Å²) in [6, 6.07) is 4.17. The molecule has 0 saturated carbocycles. The van der Waals surface area contributed by atoms with E-state index in [1.165, 1.54) is 25.3 Å². The van der Waals surface area contributed by atoms with Crippen LogP contribution in [0.15, 0.2) is 22.7 Å². The van der Waals surface area contributed by atoms with Gasteiger partial charge in [0.05, 0.1) is 9.40 Å². The molecule has 1 unspecified atom stereocenters. The van der Waals surface area contributed by atoms with Crippen molar-refractivity contribution in [1.82, 2.24) is 0 Å². The Morgan fingerprint density at radius 1 is 1.67 bits per heavy atom. The van der Waals surface area contributed by atoms with Crippen molar-refractivity contribution in [2.24, 2.45) is 5.73 Å². The largest absolute Gasteiger partial charge is 0.370 e. The number of ether oxygens (including phenoxy) is 1. The molecule has 18 heavy (non-hydrogen) atoms.